The first-order valence-corrected chi connectivity index (χ1v) is 6.13. The second kappa shape index (κ2) is 5.53. The SMILES string of the molecule is CCCC(=O)NCCc1c[nH]c2ccccc12. The molecule has 0 bridgehead atoms. The number of aromatic amines is 1. The lowest BCUT2D eigenvalue weighted by atomic mass is 10.1. The second-order valence-corrected chi connectivity index (χ2v) is 4.21. The molecule has 1 heterocycles. The Kier molecular flexibility index (Phi) is 3.81. The van der Waals surface area contributed by atoms with Crippen molar-refractivity contribution in [1.82, 2.24) is 10.3 Å². The summed E-state index contributed by atoms with van der Waals surface area (Å²) in [7, 11) is 0. The van der Waals surface area contributed by atoms with Gasteiger partial charge < -0.3 is 10.3 Å². The van der Waals surface area contributed by atoms with Crippen LogP contribution in [-0.2, 0) is 11.2 Å². The van der Waals surface area contributed by atoms with E-state index in [4.69, 9.17) is 0 Å². The molecule has 0 unspecified atom stereocenters. The number of amides is 1. The van der Waals surface area contributed by atoms with Crippen molar-refractivity contribution in [3.63, 3.8) is 0 Å². The number of rotatable bonds is 5. The Morgan fingerprint density at radius 3 is 3.00 bits per heavy atom. The van der Waals surface area contributed by atoms with Crippen LogP contribution in [0.2, 0.25) is 0 Å². The number of nitrogens with one attached hydrogen (secondary N) is 2. The predicted molar refractivity (Wildman–Crippen MR) is 69.9 cm³/mol. The molecule has 2 N–H and O–H groups in total. The molecule has 3 heteroatoms. The van der Waals surface area contributed by atoms with E-state index in [1.54, 1.807) is 0 Å². The third-order valence-corrected chi connectivity index (χ3v) is 2.87. The highest BCUT2D eigenvalue weighted by Gasteiger charge is 2.03. The lowest BCUT2D eigenvalue weighted by Gasteiger charge is -2.03. The average molecular weight is 230 g/mol. The van der Waals surface area contributed by atoms with E-state index in [1.165, 1.54) is 10.9 Å². The van der Waals surface area contributed by atoms with Crippen LogP contribution < -0.4 is 5.32 Å². The van der Waals surface area contributed by atoms with Crippen LogP contribution in [-0.4, -0.2) is 17.4 Å². The highest BCUT2D eigenvalue weighted by atomic mass is 16.1. The molecular formula is C14H18N2O. The van der Waals surface area contributed by atoms with E-state index in [1.807, 2.05) is 25.3 Å². The molecule has 0 aliphatic rings. The van der Waals surface area contributed by atoms with Gasteiger partial charge in [0.2, 0.25) is 5.91 Å². The van der Waals surface area contributed by atoms with Crippen molar-refractivity contribution in [2.75, 3.05) is 6.54 Å². The van der Waals surface area contributed by atoms with Gasteiger partial charge in [-0.25, -0.2) is 0 Å². The summed E-state index contributed by atoms with van der Waals surface area (Å²) in [6.07, 6.45) is 4.42. The van der Waals surface area contributed by atoms with E-state index in [0.29, 0.717) is 13.0 Å². The smallest absolute Gasteiger partial charge is 0.219 e. The third-order valence-electron chi connectivity index (χ3n) is 2.87. The molecule has 0 saturated carbocycles. The number of hydrogen-bond donors (Lipinski definition) is 2. The molecule has 0 fully saturated rings. The number of fused-ring (bicyclic) bond motifs is 1. The minimum Gasteiger partial charge on any atom is -0.361 e. The minimum absolute atomic E-state index is 0.146. The maximum absolute atomic E-state index is 11.3. The Balaban J connectivity index is 1.93. The normalized spacial score (nSPS) is 10.6. The molecule has 1 amide bonds. The van der Waals surface area contributed by atoms with Crippen LogP contribution in [0.15, 0.2) is 30.5 Å². The van der Waals surface area contributed by atoms with Crippen LogP contribution in [0.4, 0.5) is 0 Å². The largest absolute Gasteiger partial charge is 0.361 e. The molecule has 90 valence electrons. The van der Waals surface area contributed by atoms with Gasteiger partial charge in [0.15, 0.2) is 0 Å². The number of aromatic nitrogens is 1. The van der Waals surface area contributed by atoms with Gasteiger partial charge in [-0.2, -0.15) is 0 Å². The second-order valence-electron chi connectivity index (χ2n) is 4.21. The van der Waals surface area contributed by atoms with Crippen molar-refractivity contribution in [3.05, 3.63) is 36.0 Å². The van der Waals surface area contributed by atoms with Crippen LogP contribution >= 0.6 is 0 Å². The van der Waals surface area contributed by atoms with Crippen LogP contribution in [0.1, 0.15) is 25.3 Å². The molecule has 0 radical (unpaired) electrons. The fourth-order valence-electron chi connectivity index (χ4n) is 1.99. The van der Waals surface area contributed by atoms with Crippen molar-refractivity contribution in [1.29, 1.82) is 0 Å². The summed E-state index contributed by atoms with van der Waals surface area (Å²) in [6, 6.07) is 8.23. The molecule has 17 heavy (non-hydrogen) atoms. The van der Waals surface area contributed by atoms with Gasteiger partial charge in [-0.3, -0.25) is 4.79 Å². The van der Waals surface area contributed by atoms with E-state index in [0.717, 1.165) is 18.4 Å². The highest BCUT2D eigenvalue weighted by molar-refractivity contribution is 5.83. The summed E-state index contributed by atoms with van der Waals surface area (Å²) < 4.78 is 0. The van der Waals surface area contributed by atoms with Crippen LogP contribution in [0.25, 0.3) is 10.9 Å². The molecule has 2 aromatic rings. The quantitative estimate of drug-likeness (QED) is 0.814. The summed E-state index contributed by atoms with van der Waals surface area (Å²) in [6.45, 7) is 2.72. The van der Waals surface area contributed by atoms with E-state index in [9.17, 15) is 4.79 Å². The lowest BCUT2D eigenvalue weighted by Crippen LogP contribution is -2.25. The average Bonchev–Trinajstić information content (AvgIpc) is 2.73. The van der Waals surface area contributed by atoms with E-state index >= 15 is 0 Å². The van der Waals surface area contributed by atoms with Crippen LogP contribution in [0.3, 0.4) is 0 Å². The van der Waals surface area contributed by atoms with Gasteiger partial charge in [0.05, 0.1) is 0 Å². The van der Waals surface area contributed by atoms with Gasteiger partial charge in [-0.1, -0.05) is 25.1 Å². The Morgan fingerprint density at radius 1 is 1.35 bits per heavy atom. The first-order chi connectivity index (χ1) is 8.31. The Bertz CT molecular complexity index is 502. The third kappa shape index (κ3) is 2.87. The number of hydrogen-bond acceptors (Lipinski definition) is 1. The van der Waals surface area contributed by atoms with Gasteiger partial charge in [0.1, 0.15) is 0 Å². The first kappa shape index (κ1) is 11.7. The molecule has 0 atom stereocenters. The summed E-state index contributed by atoms with van der Waals surface area (Å²) in [5.41, 5.74) is 2.42. The molecule has 1 aromatic heterocycles. The Morgan fingerprint density at radius 2 is 2.18 bits per heavy atom. The predicted octanol–water partition coefficient (Wildman–Crippen LogP) is 2.63. The van der Waals surface area contributed by atoms with Gasteiger partial charge in [-0.15, -0.1) is 0 Å². The molecule has 1 aromatic carbocycles. The van der Waals surface area contributed by atoms with Gasteiger partial charge >= 0.3 is 0 Å². The Hall–Kier alpha value is -1.77. The fourth-order valence-corrected chi connectivity index (χ4v) is 1.99. The summed E-state index contributed by atoms with van der Waals surface area (Å²) in [5, 5.41) is 4.18. The van der Waals surface area contributed by atoms with Gasteiger partial charge in [0, 0.05) is 30.1 Å². The number of carbonyl (C=O) groups excluding carboxylic acids is 1. The summed E-state index contributed by atoms with van der Waals surface area (Å²) >= 11 is 0. The molecular weight excluding hydrogens is 212 g/mol. The highest BCUT2D eigenvalue weighted by Crippen LogP contribution is 2.17. The van der Waals surface area contributed by atoms with Crippen molar-refractivity contribution in [3.8, 4) is 0 Å². The summed E-state index contributed by atoms with van der Waals surface area (Å²) in [4.78, 5) is 14.6. The zero-order valence-corrected chi connectivity index (χ0v) is 10.1. The van der Waals surface area contributed by atoms with Crippen molar-refractivity contribution < 1.29 is 4.79 Å². The van der Waals surface area contributed by atoms with Crippen molar-refractivity contribution in [2.24, 2.45) is 0 Å². The molecule has 0 aliphatic heterocycles. The minimum atomic E-state index is 0.146. The van der Waals surface area contributed by atoms with Crippen molar-refractivity contribution in [2.45, 2.75) is 26.2 Å². The molecule has 3 nitrogen and oxygen atoms in total. The topological polar surface area (TPSA) is 44.9 Å². The molecule has 0 spiro atoms. The van der Waals surface area contributed by atoms with Crippen LogP contribution in [0, 0.1) is 0 Å². The monoisotopic (exact) mass is 230 g/mol. The van der Waals surface area contributed by atoms with E-state index in [-0.39, 0.29) is 5.91 Å². The van der Waals surface area contributed by atoms with Gasteiger partial charge in [0.25, 0.3) is 0 Å². The van der Waals surface area contributed by atoms with Crippen molar-refractivity contribution >= 4 is 16.8 Å². The van der Waals surface area contributed by atoms with E-state index in [2.05, 4.69) is 22.4 Å². The fraction of sp³-hybridized carbons (Fsp3) is 0.357. The van der Waals surface area contributed by atoms with Crippen LogP contribution in [0.5, 0.6) is 0 Å². The standard InChI is InChI=1S/C14H18N2O/c1-2-5-14(17)15-9-8-11-10-16-13-7-4-3-6-12(11)13/h3-4,6-7,10,16H,2,5,8-9H2,1H3,(H,15,17). The van der Waals surface area contributed by atoms with Gasteiger partial charge in [-0.05, 0) is 24.5 Å². The Labute approximate surface area is 101 Å². The number of H-pyrrole nitrogens is 1. The maximum atomic E-state index is 11.3. The lowest BCUT2D eigenvalue weighted by molar-refractivity contribution is -0.121. The molecule has 0 aliphatic carbocycles. The van der Waals surface area contributed by atoms with E-state index < -0.39 is 0 Å². The number of benzene rings is 1. The zero-order chi connectivity index (χ0) is 12.1. The number of carbonyl (C=O) groups is 1. The zero-order valence-electron chi connectivity index (χ0n) is 10.1. The first-order valence-electron chi connectivity index (χ1n) is 6.13. The molecule has 0 saturated heterocycles. The molecule has 2 rings (SSSR count). The number of para-hydroxylation sites is 1. The maximum Gasteiger partial charge on any atom is 0.219 e. The summed E-state index contributed by atoms with van der Waals surface area (Å²) in [5.74, 6) is 0.146.